The molecule has 33 nitrogen and oxygen atoms in total. The summed E-state index contributed by atoms with van der Waals surface area (Å²) in [5.74, 6) is -1.24. The number of ether oxygens (including phenoxy) is 3. The molecule has 0 aromatic carbocycles. The molecule has 12 atom stereocenters. The van der Waals surface area contributed by atoms with Crippen LogP contribution >= 0.6 is 24.4 Å². The summed E-state index contributed by atoms with van der Waals surface area (Å²) in [6.45, 7) is -3.57. The molecular formula is C16H30O33S9. The van der Waals surface area contributed by atoms with Gasteiger partial charge in [0.1, 0.15) is 48.2 Å². The van der Waals surface area contributed by atoms with Gasteiger partial charge in [-0.25, -0.2) is 29.3 Å². The van der Waals surface area contributed by atoms with E-state index >= 15 is 0 Å². The first-order valence-corrected chi connectivity index (χ1v) is 25.2. The minimum absolute atomic E-state index is 0.120. The average molecular weight is 1040 g/mol. The van der Waals surface area contributed by atoms with E-state index in [2.05, 4.69) is 41.9 Å². The van der Waals surface area contributed by atoms with E-state index in [-0.39, 0.29) is 11.8 Å². The van der Waals surface area contributed by atoms with Gasteiger partial charge in [0.05, 0.1) is 25.4 Å². The Morgan fingerprint density at radius 2 is 0.845 bits per heavy atom. The van der Waals surface area contributed by atoms with Gasteiger partial charge in [0, 0.05) is 11.5 Å². The molecular weight excluding hydrogens is 1010 g/mol. The first-order chi connectivity index (χ1) is 25.9. The highest BCUT2D eigenvalue weighted by molar-refractivity contribution is 7.99. The smallest absolute Gasteiger partial charge is 0.390 e. The molecule has 9 N–H and O–H groups in total. The molecule has 346 valence electrons. The van der Waals surface area contributed by atoms with Crippen LogP contribution in [0.25, 0.3) is 0 Å². The molecule has 42 heteroatoms. The van der Waals surface area contributed by atoms with E-state index < -0.39 is 170 Å². The fraction of sp³-hybridized carbons (Fsp3) is 1.00. The molecule has 58 heavy (non-hydrogen) atoms. The molecule has 2 unspecified atom stereocenters. The van der Waals surface area contributed by atoms with Crippen LogP contribution in [-0.2, 0) is 116 Å². The number of aliphatic hydroxyl groups excluding tert-OH is 2. The van der Waals surface area contributed by atoms with Gasteiger partial charge >= 0.3 is 72.8 Å². The quantitative estimate of drug-likeness (QED) is 0.0336. The van der Waals surface area contributed by atoms with Crippen LogP contribution in [0.1, 0.15) is 0 Å². The van der Waals surface area contributed by atoms with Gasteiger partial charge in [0.25, 0.3) is 0 Å². The lowest BCUT2D eigenvalue weighted by atomic mass is 9.97. The van der Waals surface area contributed by atoms with Gasteiger partial charge in [-0.15, -0.1) is 11.8 Å². The maximum atomic E-state index is 12.1. The maximum Gasteiger partial charge on any atom is 0.397 e. The molecule has 0 spiro atoms. The summed E-state index contributed by atoms with van der Waals surface area (Å²) in [6, 6.07) is 0. The monoisotopic (exact) mass is 1040 g/mol. The Hall–Kier alpha value is -0.410. The molecule has 0 aliphatic carbocycles. The van der Waals surface area contributed by atoms with Gasteiger partial charge in [0.2, 0.25) is 0 Å². The van der Waals surface area contributed by atoms with Crippen molar-refractivity contribution in [1.82, 2.24) is 0 Å². The summed E-state index contributed by atoms with van der Waals surface area (Å²) in [5, 5.41) is 20.1. The van der Waals surface area contributed by atoms with Gasteiger partial charge in [-0.3, -0.25) is 31.9 Å². The van der Waals surface area contributed by atoms with Gasteiger partial charge in [0.15, 0.2) is 12.4 Å². The molecule has 0 radical (unpaired) electrons. The van der Waals surface area contributed by atoms with Gasteiger partial charge in [-0.2, -0.15) is 71.6 Å². The second kappa shape index (κ2) is 20.4. The van der Waals surface area contributed by atoms with Crippen LogP contribution in [0.15, 0.2) is 0 Å². The van der Waals surface area contributed by atoms with Crippen molar-refractivity contribution in [3.63, 3.8) is 0 Å². The Morgan fingerprint density at radius 3 is 1.24 bits per heavy atom. The predicted molar refractivity (Wildman–Crippen MR) is 178 cm³/mol. The van der Waals surface area contributed by atoms with E-state index in [1.165, 1.54) is 0 Å². The standard InChI is InChI=1S/C16H30O33S9/c17-5(3-50)6(18)4-51-16-14(49-58(37,38)39)11(46-55(28,29)30)9(7(43-16)1-40-52(19,20)21)44-15-13(48-57(34,35)36)12(47-56(31,32)33)10(45-54(25,26)27)8(42-15)2-41-53(22,23)24/h5-18,50H,1-4H2,(H,19,20,21)(H,22,23,24)(H,25,26,27)(H,28,29,30)(H,31,32,33)(H,34,35,36)(H,37,38,39)/t5?,6?,7-,8-,9-,10-,11+,12+,13-,14-,15-,16+/m1/s1. The molecule has 2 fully saturated rings. The van der Waals surface area contributed by atoms with Crippen LogP contribution in [0.5, 0.6) is 0 Å². The fourth-order valence-corrected chi connectivity index (χ4v) is 9.21. The number of rotatable bonds is 23. The van der Waals surface area contributed by atoms with Crippen LogP contribution in [0, 0.1) is 0 Å². The minimum atomic E-state index is -6.14. The molecule has 2 saturated heterocycles. The van der Waals surface area contributed by atoms with Gasteiger partial charge in [-0.05, 0) is 0 Å². The fourth-order valence-electron chi connectivity index (χ4n) is 4.56. The third kappa shape index (κ3) is 19.7. The third-order valence-electron chi connectivity index (χ3n) is 6.46. The largest absolute Gasteiger partial charge is 0.397 e. The van der Waals surface area contributed by atoms with E-state index in [1.54, 1.807) is 0 Å². The predicted octanol–water partition coefficient (Wildman–Crippen LogP) is -6.22. The van der Waals surface area contributed by atoms with Crippen LogP contribution < -0.4 is 0 Å². The lowest BCUT2D eigenvalue weighted by Gasteiger charge is -2.48. The summed E-state index contributed by atoms with van der Waals surface area (Å²) in [4.78, 5) is 0. The Bertz CT molecular complexity index is 2170. The number of thiol groups is 1. The highest BCUT2D eigenvalue weighted by Crippen LogP contribution is 2.39. The van der Waals surface area contributed by atoms with Crippen LogP contribution in [0.3, 0.4) is 0 Å². The number of thioether (sulfide) groups is 1. The Balaban J connectivity index is 2.98. The van der Waals surface area contributed by atoms with E-state index in [0.717, 1.165) is 0 Å². The van der Waals surface area contributed by atoms with E-state index in [9.17, 15) is 96.5 Å². The van der Waals surface area contributed by atoms with Crippen LogP contribution in [0.2, 0.25) is 0 Å². The number of hydrogen-bond acceptors (Lipinski definition) is 28. The minimum Gasteiger partial charge on any atom is -0.390 e. The molecule has 2 aliphatic heterocycles. The lowest BCUT2D eigenvalue weighted by molar-refractivity contribution is -0.325. The third-order valence-corrected chi connectivity index (χ3v) is 11.3. The second-order valence-electron chi connectivity index (χ2n) is 10.7. The van der Waals surface area contributed by atoms with Crippen molar-refractivity contribution in [2.45, 2.75) is 72.8 Å². The average Bonchev–Trinajstić information content (AvgIpc) is 2.98. The maximum absolute atomic E-state index is 12.1. The number of hydrogen-bond donors (Lipinski definition) is 10. The molecule has 2 aliphatic rings. The van der Waals surface area contributed by atoms with Gasteiger partial charge in [-0.1, -0.05) is 0 Å². The first kappa shape index (κ1) is 53.7. The second-order valence-corrected chi connectivity index (χ2v) is 19.6. The van der Waals surface area contributed by atoms with Crippen molar-refractivity contribution in [3.05, 3.63) is 0 Å². The zero-order valence-corrected chi connectivity index (χ0v) is 34.7. The summed E-state index contributed by atoms with van der Waals surface area (Å²) in [7, 11) is -41.5. The Labute approximate surface area is 337 Å². The topological polar surface area (TPSA) is 513 Å². The van der Waals surface area contributed by atoms with Crippen molar-refractivity contribution < 1.29 is 144 Å². The van der Waals surface area contributed by atoms with Crippen molar-refractivity contribution >= 4 is 97.2 Å². The highest BCUT2D eigenvalue weighted by Gasteiger charge is 2.58. The zero-order chi connectivity index (χ0) is 45.0. The van der Waals surface area contributed by atoms with Crippen molar-refractivity contribution in [3.8, 4) is 0 Å². The molecule has 0 aromatic heterocycles. The SMILES string of the molecule is O=S(=O)(O)OC[C@H]1O[C@@H](SCC(O)C(O)CS)[C@H](OS(=O)(=O)O)[C@@H](OS(=O)(=O)O)[C@@H]1O[C@H]1O[C@H](COS(=O)(=O)O)[C@@H](OS(=O)(=O)O)[C@H](OS(=O)(=O)O)[C@H]1OS(=O)(=O)O. The van der Waals surface area contributed by atoms with Crippen LogP contribution in [0.4, 0.5) is 0 Å². The molecule has 2 rings (SSSR count). The summed E-state index contributed by atoms with van der Waals surface area (Å²) >= 11 is 3.85. The Kier molecular flexibility index (Phi) is 18.9. The van der Waals surface area contributed by atoms with Crippen molar-refractivity contribution in [2.75, 3.05) is 24.7 Å². The molecule has 0 bridgehead atoms. The summed E-state index contributed by atoms with van der Waals surface area (Å²) < 4.78 is 276. The van der Waals surface area contributed by atoms with Crippen LogP contribution in [-0.4, -0.2) is 198 Å². The number of aliphatic hydroxyl groups is 2. The van der Waals surface area contributed by atoms with E-state index in [1.807, 2.05) is 0 Å². The first-order valence-electron chi connectivity index (χ1n) is 13.9. The highest BCUT2D eigenvalue weighted by atomic mass is 32.3. The van der Waals surface area contributed by atoms with Crippen molar-refractivity contribution in [1.29, 1.82) is 0 Å². The molecule has 0 saturated carbocycles. The van der Waals surface area contributed by atoms with Crippen molar-refractivity contribution in [2.24, 2.45) is 0 Å². The lowest BCUT2D eigenvalue weighted by Crippen LogP contribution is -2.67. The Morgan fingerprint density at radius 1 is 0.483 bits per heavy atom. The molecule has 2 heterocycles. The van der Waals surface area contributed by atoms with E-state index in [4.69, 9.17) is 18.8 Å². The normalized spacial score (nSPS) is 30.8. The van der Waals surface area contributed by atoms with E-state index in [0.29, 0.717) is 0 Å². The summed E-state index contributed by atoms with van der Waals surface area (Å²) in [6.07, 6.45) is -30.5. The zero-order valence-electron chi connectivity index (χ0n) is 27.3. The molecule has 0 aromatic rings. The summed E-state index contributed by atoms with van der Waals surface area (Å²) in [5.41, 5.74) is -2.28. The van der Waals surface area contributed by atoms with Gasteiger partial charge < -0.3 is 24.4 Å². The molecule has 0 amide bonds.